The number of nitrogens with zero attached hydrogens (tertiary/aromatic N) is 1. The SMILES string of the molecule is CC1(c2cc[n+]([O-])cc2)CNCCC1(F)F. The zero-order valence-electron chi connectivity index (χ0n) is 9.04. The van der Waals surface area contributed by atoms with E-state index in [-0.39, 0.29) is 13.0 Å². The van der Waals surface area contributed by atoms with Crippen LogP contribution < -0.4 is 10.0 Å². The minimum Gasteiger partial charge on any atom is -0.619 e. The second-order valence-electron chi connectivity index (χ2n) is 4.41. The predicted molar refractivity (Wildman–Crippen MR) is 55.2 cm³/mol. The van der Waals surface area contributed by atoms with Gasteiger partial charge in [-0.3, -0.25) is 0 Å². The molecule has 0 saturated carbocycles. The molecule has 0 amide bonds. The van der Waals surface area contributed by atoms with Gasteiger partial charge in [-0.25, -0.2) is 8.78 Å². The zero-order valence-corrected chi connectivity index (χ0v) is 9.04. The van der Waals surface area contributed by atoms with E-state index in [1.807, 2.05) is 0 Å². The predicted octanol–water partition coefficient (Wildman–Crippen LogP) is 1.21. The molecule has 1 aromatic heterocycles. The number of alkyl halides is 2. The molecule has 1 N–H and O–H groups in total. The summed E-state index contributed by atoms with van der Waals surface area (Å²) < 4.78 is 28.4. The molecule has 88 valence electrons. The lowest BCUT2D eigenvalue weighted by Crippen LogP contribution is -2.55. The number of nitrogens with one attached hydrogen (secondary N) is 1. The lowest BCUT2D eigenvalue weighted by molar-refractivity contribution is -0.605. The Kier molecular flexibility index (Phi) is 2.58. The van der Waals surface area contributed by atoms with E-state index >= 15 is 0 Å². The lowest BCUT2D eigenvalue weighted by Gasteiger charge is -2.41. The summed E-state index contributed by atoms with van der Waals surface area (Å²) in [7, 11) is 0. The fourth-order valence-corrected chi connectivity index (χ4v) is 2.08. The van der Waals surface area contributed by atoms with E-state index in [4.69, 9.17) is 0 Å². The van der Waals surface area contributed by atoms with Gasteiger partial charge in [-0.1, -0.05) is 0 Å². The monoisotopic (exact) mass is 228 g/mol. The van der Waals surface area contributed by atoms with Crippen molar-refractivity contribution in [1.82, 2.24) is 5.32 Å². The van der Waals surface area contributed by atoms with Gasteiger partial charge in [0.05, 0.1) is 5.41 Å². The third-order valence-electron chi connectivity index (χ3n) is 3.34. The summed E-state index contributed by atoms with van der Waals surface area (Å²) >= 11 is 0. The van der Waals surface area contributed by atoms with Gasteiger partial charge in [0.15, 0.2) is 12.4 Å². The summed E-state index contributed by atoms with van der Waals surface area (Å²) in [5.74, 6) is -2.74. The Bertz CT molecular complexity index is 380. The Morgan fingerprint density at radius 2 is 2.00 bits per heavy atom. The average molecular weight is 228 g/mol. The minimum absolute atomic E-state index is 0.171. The number of hydrogen-bond acceptors (Lipinski definition) is 2. The van der Waals surface area contributed by atoms with E-state index in [2.05, 4.69) is 5.32 Å². The summed E-state index contributed by atoms with van der Waals surface area (Å²) in [6, 6.07) is 2.93. The van der Waals surface area contributed by atoms with Gasteiger partial charge in [0.25, 0.3) is 5.92 Å². The molecule has 16 heavy (non-hydrogen) atoms. The highest BCUT2D eigenvalue weighted by atomic mass is 19.3. The topological polar surface area (TPSA) is 39.0 Å². The molecule has 1 atom stereocenters. The van der Waals surface area contributed by atoms with Crippen LogP contribution in [0.3, 0.4) is 0 Å². The maximum absolute atomic E-state index is 13.9. The van der Waals surface area contributed by atoms with E-state index in [1.54, 1.807) is 0 Å². The number of hydrogen-bond donors (Lipinski definition) is 1. The molecule has 2 heterocycles. The summed E-state index contributed by atoms with van der Waals surface area (Å²) in [5, 5.41) is 13.9. The van der Waals surface area contributed by atoms with Crippen molar-refractivity contribution < 1.29 is 13.5 Å². The van der Waals surface area contributed by atoms with Crippen LogP contribution >= 0.6 is 0 Å². The second kappa shape index (κ2) is 3.66. The Morgan fingerprint density at radius 3 is 2.56 bits per heavy atom. The number of piperidine rings is 1. The fourth-order valence-electron chi connectivity index (χ4n) is 2.08. The maximum atomic E-state index is 13.9. The molecule has 1 unspecified atom stereocenters. The maximum Gasteiger partial charge on any atom is 0.259 e. The molecule has 0 aromatic carbocycles. The summed E-state index contributed by atoms with van der Waals surface area (Å²) in [4.78, 5) is 0. The van der Waals surface area contributed by atoms with E-state index in [0.717, 1.165) is 0 Å². The van der Waals surface area contributed by atoms with Crippen LogP contribution in [0, 0.1) is 5.21 Å². The standard InChI is InChI=1S/C11H14F2N2O/c1-10(8-14-5-4-11(10,12)13)9-2-6-15(16)7-3-9/h2-3,6-7,14H,4-5,8H2,1H3. The first-order valence-corrected chi connectivity index (χ1v) is 5.24. The highest BCUT2D eigenvalue weighted by Crippen LogP contribution is 2.42. The van der Waals surface area contributed by atoms with Gasteiger partial charge in [-0.05, 0) is 12.5 Å². The molecule has 0 radical (unpaired) electrons. The Balaban J connectivity index is 2.39. The third kappa shape index (κ3) is 1.65. The van der Waals surface area contributed by atoms with Crippen molar-refractivity contribution in [3.8, 4) is 0 Å². The molecule has 2 rings (SSSR count). The van der Waals surface area contributed by atoms with Crippen LogP contribution in [0.2, 0.25) is 0 Å². The van der Waals surface area contributed by atoms with Crippen LogP contribution in [-0.2, 0) is 5.41 Å². The summed E-state index contributed by atoms with van der Waals surface area (Å²) in [6.45, 7) is 2.09. The molecule has 1 fully saturated rings. The third-order valence-corrected chi connectivity index (χ3v) is 3.34. The average Bonchev–Trinajstić information content (AvgIpc) is 2.23. The number of rotatable bonds is 1. The first-order valence-electron chi connectivity index (χ1n) is 5.24. The lowest BCUT2D eigenvalue weighted by atomic mass is 9.74. The highest BCUT2D eigenvalue weighted by molar-refractivity contribution is 5.26. The summed E-state index contributed by atoms with van der Waals surface area (Å²) in [5.41, 5.74) is -0.740. The van der Waals surface area contributed by atoms with E-state index in [0.29, 0.717) is 16.8 Å². The highest BCUT2D eigenvalue weighted by Gasteiger charge is 2.52. The molecule has 1 aromatic rings. The first-order chi connectivity index (χ1) is 7.46. The van der Waals surface area contributed by atoms with E-state index < -0.39 is 11.3 Å². The van der Waals surface area contributed by atoms with Crippen molar-refractivity contribution in [3.63, 3.8) is 0 Å². The van der Waals surface area contributed by atoms with Crippen molar-refractivity contribution in [2.75, 3.05) is 13.1 Å². The van der Waals surface area contributed by atoms with Gasteiger partial charge in [0.2, 0.25) is 0 Å². The van der Waals surface area contributed by atoms with Crippen LogP contribution in [0.15, 0.2) is 24.5 Å². The minimum atomic E-state index is -2.74. The Morgan fingerprint density at radius 1 is 1.38 bits per heavy atom. The van der Waals surface area contributed by atoms with Crippen molar-refractivity contribution in [1.29, 1.82) is 0 Å². The molecule has 3 nitrogen and oxygen atoms in total. The van der Waals surface area contributed by atoms with Gasteiger partial charge < -0.3 is 10.5 Å². The molecule has 0 bridgehead atoms. The van der Waals surface area contributed by atoms with Gasteiger partial charge in [0, 0.05) is 31.6 Å². The van der Waals surface area contributed by atoms with E-state index in [1.165, 1.54) is 31.5 Å². The van der Waals surface area contributed by atoms with Crippen LogP contribution in [0.5, 0.6) is 0 Å². The molecule has 1 aliphatic heterocycles. The van der Waals surface area contributed by atoms with E-state index in [9.17, 15) is 14.0 Å². The van der Waals surface area contributed by atoms with Gasteiger partial charge in [-0.15, -0.1) is 0 Å². The molecule has 0 aliphatic carbocycles. The number of aromatic nitrogens is 1. The smallest absolute Gasteiger partial charge is 0.259 e. The second-order valence-corrected chi connectivity index (χ2v) is 4.41. The molecule has 0 spiro atoms. The zero-order chi connectivity index (χ0) is 11.8. The van der Waals surface area contributed by atoms with Crippen LogP contribution in [0.25, 0.3) is 0 Å². The normalized spacial score (nSPS) is 28.9. The molecule has 5 heteroatoms. The van der Waals surface area contributed by atoms with Gasteiger partial charge in [0.1, 0.15) is 0 Å². The largest absolute Gasteiger partial charge is 0.619 e. The van der Waals surface area contributed by atoms with Crippen molar-refractivity contribution >= 4 is 0 Å². The summed E-state index contributed by atoms with van der Waals surface area (Å²) in [6.07, 6.45) is 2.34. The first kappa shape index (κ1) is 11.3. The van der Waals surface area contributed by atoms with Crippen LogP contribution in [-0.4, -0.2) is 19.0 Å². The van der Waals surface area contributed by atoms with Gasteiger partial charge in [-0.2, -0.15) is 4.73 Å². The number of pyridine rings is 1. The molecular weight excluding hydrogens is 214 g/mol. The van der Waals surface area contributed by atoms with Gasteiger partial charge >= 0.3 is 0 Å². The van der Waals surface area contributed by atoms with Crippen molar-refractivity contribution in [3.05, 3.63) is 35.3 Å². The molecular formula is C11H14F2N2O. The van der Waals surface area contributed by atoms with Crippen molar-refractivity contribution in [2.24, 2.45) is 0 Å². The van der Waals surface area contributed by atoms with Crippen molar-refractivity contribution in [2.45, 2.75) is 24.7 Å². The fraction of sp³-hybridized carbons (Fsp3) is 0.545. The molecule has 1 aliphatic rings. The van der Waals surface area contributed by atoms with Crippen LogP contribution in [0.1, 0.15) is 18.9 Å². The van der Waals surface area contributed by atoms with Crippen LogP contribution in [0.4, 0.5) is 8.78 Å². The quantitative estimate of drug-likeness (QED) is 0.579. The Labute approximate surface area is 92.7 Å². The number of halogens is 2. The molecule has 1 saturated heterocycles. The Hall–Kier alpha value is -1.23.